The maximum atomic E-state index is 11.7. The number of carbonyl (C=O) groups excluding carboxylic acids is 1. The quantitative estimate of drug-likeness (QED) is 0.712. The Bertz CT molecular complexity index is 167. The molecule has 3 nitrogen and oxygen atoms in total. The fourth-order valence-electron chi connectivity index (χ4n) is 1.36. The Hall–Kier alpha value is -0.570. The summed E-state index contributed by atoms with van der Waals surface area (Å²) in [6.45, 7) is 8.18. The van der Waals surface area contributed by atoms with E-state index in [1.165, 1.54) is 0 Å². The van der Waals surface area contributed by atoms with Crippen LogP contribution in [-0.4, -0.2) is 34.6 Å². The second kappa shape index (κ2) is 6.82. The lowest BCUT2D eigenvalue weighted by molar-refractivity contribution is -0.134. The molecule has 0 aliphatic rings. The van der Waals surface area contributed by atoms with Gasteiger partial charge in [-0.05, 0) is 27.2 Å². The second-order valence-corrected chi connectivity index (χ2v) is 4.09. The summed E-state index contributed by atoms with van der Waals surface area (Å²) in [6.07, 6.45) is 2.12. The first-order chi connectivity index (χ1) is 6.49. The number of amides is 1. The van der Waals surface area contributed by atoms with Crippen molar-refractivity contribution in [1.29, 1.82) is 0 Å². The molecule has 1 amide bonds. The largest absolute Gasteiger partial charge is 0.392 e. The molecule has 0 aromatic carbocycles. The molecule has 0 heterocycles. The summed E-state index contributed by atoms with van der Waals surface area (Å²) >= 11 is 0. The van der Waals surface area contributed by atoms with E-state index in [1.807, 2.05) is 13.8 Å². The third-order valence-electron chi connectivity index (χ3n) is 2.15. The van der Waals surface area contributed by atoms with Crippen molar-refractivity contribution in [2.24, 2.45) is 0 Å². The van der Waals surface area contributed by atoms with Gasteiger partial charge in [0.25, 0.3) is 0 Å². The molecule has 0 aliphatic heterocycles. The highest BCUT2D eigenvalue weighted by atomic mass is 16.3. The van der Waals surface area contributed by atoms with E-state index in [0.717, 1.165) is 12.8 Å². The lowest BCUT2D eigenvalue weighted by Gasteiger charge is -2.28. The van der Waals surface area contributed by atoms with Gasteiger partial charge in [-0.25, -0.2) is 0 Å². The second-order valence-electron chi connectivity index (χ2n) is 4.09. The molecule has 14 heavy (non-hydrogen) atoms. The molecule has 3 heteroatoms. The van der Waals surface area contributed by atoms with Gasteiger partial charge in [-0.2, -0.15) is 0 Å². The summed E-state index contributed by atoms with van der Waals surface area (Å²) in [7, 11) is 0. The molecule has 1 atom stereocenters. The van der Waals surface area contributed by atoms with Crippen LogP contribution in [0, 0.1) is 0 Å². The summed E-state index contributed by atoms with van der Waals surface area (Å²) in [5.74, 6) is 0.155. The van der Waals surface area contributed by atoms with Crippen molar-refractivity contribution in [2.75, 3.05) is 6.54 Å². The molecule has 0 rings (SSSR count). The van der Waals surface area contributed by atoms with Gasteiger partial charge in [0.15, 0.2) is 0 Å². The number of hydrogen-bond acceptors (Lipinski definition) is 2. The first-order valence-corrected chi connectivity index (χ1v) is 5.46. The van der Waals surface area contributed by atoms with Crippen LogP contribution < -0.4 is 0 Å². The van der Waals surface area contributed by atoms with Gasteiger partial charge in [-0.3, -0.25) is 4.79 Å². The van der Waals surface area contributed by atoms with E-state index in [9.17, 15) is 9.90 Å². The van der Waals surface area contributed by atoms with Gasteiger partial charge in [0.05, 0.1) is 6.10 Å². The molecular formula is C11H23NO2. The predicted octanol–water partition coefficient (Wildman–Crippen LogP) is 1.79. The van der Waals surface area contributed by atoms with E-state index in [0.29, 0.717) is 13.0 Å². The Morgan fingerprint density at radius 3 is 2.29 bits per heavy atom. The molecule has 84 valence electrons. The van der Waals surface area contributed by atoms with Crippen LogP contribution in [0.3, 0.4) is 0 Å². The number of nitrogens with zero attached hydrogens (tertiary/aromatic N) is 1. The van der Waals surface area contributed by atoms with Gasteiger partial charge in [-0.15, -0.1) is 0 Å². The molecule has 0 fully saturated rings. The van der Waals surface area contributed by atoms with Gasteiger partial charge in [-0.1, -0.05) is 13.3 Å². The number of carbonyl (C=O) groups is 1. The van der Waals surface area contributed by atoms with Gasteiger partial charge in [0, 0.05) is 19.0 Å². The number of aliphatic hydroxyl groups is 1. The number of unbranched alkanes of at least 4 members (excludes halogenated alkanes) is 1. The Morgan fingerprint density at radius 1 is 1.36 bits per heavy atom. The molecule has 0 saturated heterocycles. The number of hydrogen-bond donors (Lipinski definition) is 1. The number of aliphatic hydroxyl groups excluding tert-OH is 1. The highest BCUT2D eigenvalue weighted by molar-refractivity contribution is 5.76. The first kappa shape index (κ1) is 13.4. The molecule has 0 aromatic heterocycles. The zero-order chi connectivity index (χ0) is 11.1. The highest BCUT2D eigenvalue weighted by Crippen LogP contribution is 2.06. The maximum absolute atomic E-state index is 11.7. The fraction of sp³-hybridized carbons (Fsp3) is 0.909. The Kier molecular flexibility index (Phi) is 6.54. The van der Waals surface area contributed by atoms with E-state index in [-0.39, 0.29) is 11.9 Å². The molecule has 1 N–H and O–H groups in total. The van der Waals surface area contributed by atoms with Crippen LogP contribution >= 0.6 is 0 Å². The van der Waals surface area contributed by atoms with E-state index >= 15 is 0 Å². The lowest BCUT2D eigenvalue weighted by Crippen LogP contribution is -2.41. The summed E-state index contributed by atoms with van der Waals surface area (Å²) < 4.78 is 0. The van der Waals surface area contributed by atoms with Crippen LogP contribution in [0.5, 0.6) is 0 Å². The minimum atomic E-state index is -0.442. The molecule has 0 aliphatic carbocycles. The van der Waals surface area contributed by atoms with E-state index in [2.05, 4.69) is 6.92 Å². The Labute approximate surface area is 87.1 Å². The van der Waals surface area contributed by atoms with Crippen molar-refractivity contribution in [1.82, 2.24) is 4.90 Å². The van der Waals surface area contributed by atoms with Crippen molar-refractivity contribution in [3.63, 3.8) is 0 Å². The molecule has 0 saturated carbocycles. The van der Waals surface area contributed by atoms with Crippen LogP contribution in [-0.2, 0) is 4.79 Å². The van der Waals surface area contributed by atoms with E-state index in [1.54, 1.807) is 11.8 Å². The zero-order valence-electron chi connectivity index (χ0n) is 9.79. The van der Waals surface area contributed by atoms with Crippen molar-refractivity contribution >= 4 is 5.91 Å². The number of rotatable bonds is 6. The molecule has 1 unspecified atom stereocenters. The average Bonchev–Trinajstić information content (AvgIpc) is 2.09. The maximum Gasteiger partial charge on any atom is 0.222 e. The van der Waals surface area contributed by atoms with Crippen LogP contribution in [0.4, 0.5) is 0 Å². The highest BCUT2D eigenvalue weighted by Gasteiger charge is 2.17. The van der Waals surface area contributed by atoms with Crippen LogP contribution in [0.2, 0.25) is 0 Å². The first-order valence-electron chi connectivity index (χ1n) is 5.46. The van der Waals surface area contributed by atoms with Crippen molar-refractivity contribution in [3.8, 4) is 0 Å². The summed E-state index contributed by atoms with van der Waals surface area (Å²) in [5.41, 5.74) is 0. The monoisotopic (exact) mass is 201 g/mol. The normalized spacial score (nSPS) is 13.0. The molecule has 0 radical (unpaired) electrons. The third-order valence-corrected chi connectivity index (χ3v) is 2.15. The Morgan fingerprint density at radius 2 is 1.93 bits per heavy atom. The third kappa shape index (κ3) is 5.22. The van der Waals surface area contributed by atoms with Gasteiger partial charge < -0.3 is 10.0 Å². The molecule has 0 spiro atoms. The summed E-state index contributed by atoms with van der Waals surface area (Å²) in [4.78, 5) is 13.4. The van der Waals surface area contributed by atoms with Crippen LogP contribution in [0.15, 0.2) is 0 Å². The van der Waals surface area contributed by atoms with E-state index in [4.69, 9.17) is 0 Å². The fourth-order valence-corrected chi connectivity index (χ4v) is 1.36. The topological polar surface area (TPSA) is 40.5 Å². The molecule has 0 bridgehead atoms. The standard InChI is InChI=1S/C11H23NO2/c1-5-6-7-11(14)12(9(2)3)8-10(4)13/h9-10,13H,5-8H2,1-4H3. The minimum Gasteiger partial charge on any atom is -0.392 e. The summed E-state index contributed by atoms with van der Waals surface area (Å²) in [5, 5.41) is 9.25. The van der Waals surface area contributed by atoms with Crippen LogP contribution in [0.1, 0.15) is 47.0 Å². The van der Waals surface area contributed by atoms with E-state index < -0.39 is 6.10 Å². The van der Waals surface area contributed by atoms with Gasteiger partial charge in [0.2, 0.25) is 5.91 Å². The average molecular weight is 201 g/mol. The molecular weight excluding hydrogens is 178 g/mol. The van der Waals surface area contributed by atoms with Crippen LogP contribution in [0.25, 0.3) is 0 Å². The van der Waals surface area contributed by atoms with Crippen molar-refractivity contribution in [2.45, 2.75) is 59.1 Å². The minimum absolute atomic E-state index is 0.155. The van der Waals surface area contributed by atoms with Gasteiger partial charge in [0.1, 0.15) is 0 Å². The van der Waals surface area contributed by atoms with Crippen molar-refractivity contribution < 1.29 is 9.90 Å². The van der Waals surface area contributed by atoms with Crippen molar-refractivity contribution in [3.05, 3.63) is 0 Å². The summed E-state index contributed by atoms with van der Waals surface area (Å²) in [6, 6.07) is 0.175. The SMILES string of the molecule is CCCCC(=O)N(CC(C)O)C(C)C. The zero-order valence-corrected chi connectivity index (χ0v) is 9.79. The molecule has 0 aromatic rings. The Balaban J connectivity index is 4.12. The smallest absolute Gasteiger partial charge is 0.222 e. The predicted molar refractivity (Wildman–Crippen MR) is 58.1 cm³/mol. The van der Waals surface area contributed by atoms with Gasteiger partial charge >= 0.3 is 0 Å². The lowest BCUT2D eigenvalue weighted by atomic mass is 10.2.